The van der Waals surface area contributed by atoms with Gasteiger partial charge in [0, 0.05) is 12.2 Å². The van der Waals surface area contributed by atoms with E-state index in [-0.39, 0.29) is 0 Å². The van der Waals surface area contributed by atoms with Crippen LogP contribution >= 0.6 is 0 Å². The number of amides is 2. The molecule has 0 aliphatic rings. The van der Waals surface area contributed by atoms with Crippen LogP contribution in [0, 0.1) is 0 Å². The fourth-order valence-electron chi connectivity index (χ4n) is 1.40. The molecule has 0 heterocycles. The van der Waals surface area contributed by atoms with Crippen molar-refractivity contribution >= 4 is 17.7 Å². The minimum absolute atomic E-state index is 0.534. The zero-order chi connectivity index (χ0) is 13.5. The third kappa shape index (κ3) is 4.06. The fourth-order valence-corrected chi connectivity index (χ4v) is 1.40. The molecule has 0 aromatic heterocycles. The van der Waals surface area contributed by atoms with Crippen LogP contribution in [-0.2, 0) is 11.3 Å². The first-order valence-electron chi connectivity index (χ1n) is 5.57. The predicted molar refractivity (Wildman–Crippen MR) is 68.5 cm³/mol. The number of rotatable bonds is 5. The van der Waals surface area contributed by atoms with E-state index in [1.807, 2.05) is 19.2 Å². The number of hydrogen-bond donors (Lipinski definition) is 4. The Morgan fingerprint density at radius 3 is 2.61 bits per heavy atom. The summed E-state index contributed by atoms with van der Waals surface area (Å²) in [7, 11) is 1.81. The maximum absolute atomic E-state index is 11.6. The molecule has 1 aromatic carbocycles. The van der Waals surface area contributed by atoms with Crippen LogP contribution in [-0.4, -0.2) is 30.2 Å². The lowest BCUT2D eigenvalue weighted by atomic mass is 10.2. The fraction of sp³-hybridized carbons (Fsp3) is 0.333. The summed E-state index contributed by atoms with van der Waals surface area (Å²) in [6.45, 7) is 2.02. The monoisotopic (exact) mass is 251 g/mol. The van der Waals surface area contributed by atoms with Gasteiger partial charge in [0.15, 0.2) is 0 Å². The van der Waals surface area contributed by atoms with Gasteiger partial charge in [-0.3, -0.25) is 4.79 Å². The lowest BCUT2D eigenvalue weighted by Crippen LogP contribution is -2.41. The van der Waals surface area contributed by atoms with E-state index in [1.54, 1.807) is 12.1 Å². The summed E-state index contributed by atoms with van der Waals surface area (Å²) in [4.78, 5) is 22.2. The van der Waals surface area contributed by atoms with Gasteiger partial charge in [-0.05, 0) is 25.6 Å². The Morgan fingerprint density at radius 1 is 1.33 bits per heavy atom. The Balaban J connectivity index is 2.66. The summed E-state index contributed by atoms with van der Waals surface area (Å²) in [6.07, 6.45) is 0. The quantitative estimate of drug-likeness (QED) is 0.628. The first-order valence-corrected chi connectivity index (χ1v) is 5.57. The van der Waals surface area contributed by atoms with Gasteiger partial charge in [0.25, 0.3) is 0 Å². The van der Waals surface area contributed by atoms with Crippen LogP contribution in [0.4, 0.5) is 10.5 Å². The molecule has 6 heteroatoms. The third-order valence-electron chi connectivity index (χ3n) is 2.35. The lowest BCUT2D eigenvalue weighted by molar-refractivity contribution is -0.138. The second kappa shape index (κ2) is 6.61. The summed E-state index contributed by atoms with van der Waals surface area (Å²) in [5.74, 6) is -1.08. The molecule has 1 rings (SSSR count). The van der Waals surface area contributed by atoms with Crippen molar-refractivity contribution in [1.29, 1.82) is 0 Å². The van der Waals surface area contributed by atoms with Crippen molar-refractivity contribution in [2.75, 3.05) is 12.4 Å². The topological polar surface area (TPSA) is 90.5 Å². The highest BCUT2D eigenvalue weighted by molar-refractivity contribution is 5.92. The van der Waals surface area contributed by atoms with Gasteiger partial charge in [-0.2, -0.15) is 0 Å². The molecule has 1 atom stereocenters. The van der Waals surface area contributed by atoms with E-state index in [1.165, 1.54) is 6.92 Å². The van der Waals surface area contributed by atoms with Gasteiger partial charge in [-0.1, -0.05) is 18.2 Å². The molecule has 0 aliphatic heterocycles. The Bertz CT molecular complexity index is 434. The van der Waals surface area contributed by atoms with Gasteiger partial charge in [-0.15, -0.1) is 0 Å². The molecule has 0 fully saturated rings. The number of carboxylic acid groups (broad SMARTS) is 1. The largest absolute Gasteiger partial charge is 0.480 e. The molecule has 0 bridgehead atoms. The van der Waals surface area contributed by atoms with Crippen molar-refractivity contribution in [3.63, 3.8) is 0 Å². The Labute approximate surface area is 105 Å². The molecule has 0 radical (unpaired) electrons. The molecule has 1 aromatic rings. The molecule has 0 saturated heterocycles. The first kappa shape index (κ1) is 14.0. The van der Waals surface area contributed by atoms with Crippen molar-refractivity contribution in [1.82, 2.24) is 10.6 Å². The number of carboxylic acids is 1. The van der Waals surface area contributed by atoms with Crippen LogP contribution in [0.15, 0.2) is 24.3 Å². The summed E-state index contributed by atoms with van der Waals surface area (Å²) in [5, 5.41) is 16.6. The number of urea groups is 1. The number of anilines is 1. The normalized spacial score (nSPS) is 11.7. The Hall–Kier alpha value is -2.08. The van der Waals surface area contributed by atoms with Crippen molar-refractivity contribution in [3.8, 4) is 0 Å². The number of nitrogens with one attached hydrogen (secondary N) is 3. The van der Waals surface area contributed by atoms with E-state index in [9.17, 15) is 9.59 Å². The summed E-state index contributed by atoms with van der Waals surface area (Å²) in [6, 6.07) is 5.85. The van der Waals surface area contributed by atoms with Gasteiger partial charge in [0.05, 0.1) is 0 Å². The van der Waals surface area contributed by atoms with Gasteiger partial charge < -0.3 is 21.1 Å². The van der Waals surface area contributed by atoms with Gasteiger partial charge >= 0.3 is 12.0 Å². The summed E-state index contributed by atoms with van der Waals surface area (Å²) < 4.78 is 0. The van der Waals surface area contributed by atoms with Crippen LogP contribution in [0.2, 0.25) is 0 Å². The van der Waals surface area contributed by atoms with Crippen LogP contribution in [0.3, 0.4) is 0 Å². The Morgan fingerprint density at radius 2 is 2.00 bits per heavy atom. The number of para-hydroxylation sites is 1. The molecule has 0 saturated carbocycles. The Kier molecular flexibility index (Phi) is 5.13. The molecule has 6 nitrogen and oxygen atoms in total. The molecule has 0 aliphatic carbocycles. The van der Waals surface area contributed by atoms with Crippen LogP contribution in [0.1, 0.15) is 12.5 Å². The van der Waals surface area contributed by atoms with Crippen molar-refractivity contribution in [2.24, 2.45) is 0 Å². The predicted octanol–water partition coefficient (Wildman–Crippen LogP) is 1.00. The van der Waals surface area contributed by atoms with Crippen LogP contribution in [0.5, 0.6) is 0 Å². The number of benzene rings is 1. The highest BCUT2D eigenvalue weighted by Gasteiger charge is 2.14. The van der Waals surface area contributed by atoms with E-state index in [2.05, 4.69) is 16.0 Å². The highest BCUT2D eigenvalue weighted by Crippen LogP contribution is 2.14. The van der Waals surface area contributed by atoms with Crippen molar-refractivity contribution < 1.29 is 14.7 Å². The SMILES string of the molecule is CNCc1ccccc1NC(=O)N[C@H](C)C(=O)O. The van der Waals surface area contributed by atoms with Gasteiger partial charge in [0.2, 0.25) is 0 Å². The smallest absolute Gasteiger partial charge is 0.325 e. The zero-order valence-corrected chi connectivity index (χ0v) is 10.4. The number of carbonyl (C=O) groups excluding carboxylic acids is 1. The highest BCUT2D eigenvalue weighted by atomic mass is 16.4. The minimum atomic E-state index is -1.08. The van der Waals surface area contributed by atoms with E-state index >= 15 is 0 Å². The molecule has 2 amide bonds. The number of hydrogen-bond acceptors (Lipinski definition) is 3. The third-order valence-corrected chi connectivity index (χ3v) is 2.35. The zero-order valence-electron chi connectivity index (χ0n) is 10.4. The molecular weight excluding hydrogens is 234 g/mol. The second-order valence-corrected chi connectivity index (χ2v) is 3.85. The van der Waals surface area contributed by atoms with E-state index in [0.29, 0.717) is 12.2 Å². The number of carbonyl (C=O) groups is 2. The van der Waals surface area contributed by atoms with Crippen LogP contribution in [0.25, 0.3) is 0 Å². The second-order valence-electron chi connectivity index (χ2n) is 3.85. The van der Waals surface area contributed by atoms with Crippen molar-refractivity contribution in [2.45, 2.75) is 19.5 Å². The summed E-state index contributed by atoms with van der Waals surface area (Å²) in [5.41, 5.74) is 1.58. The molecule has 98 valence electrons. The molecule has 18 heavy (non-hydrogen) atoms. The lowest BCUT2D eigenvalue weighted by Gasteiger charge is -2.13. The standard InChI is InChI=1S/C12H17N3O3/c1-8(11(16)17)14-12(18)15-10-6-4-3-5-9(10)7-13-2/h3-6,8,13H,7H2,1-2H3,(H,16,17)(H2,14,15,18)/t8-/m1/s1. The van der Waals surface area contributed by atoms with E-state index < -0.39 is 18.0 Å². The van der Waals surface area contributed by atoms with Crippen molar-refractivity contribution in [3.05, 3.63) is 29.8 Å². The van der Waals surface area contributed by atoms with E-state index in [0.717, 1.165) is 5.56 Å². The van der Waals surface area contributed by atoms with Crippen LogP contribution < -0.4 is 16.0 Å². The molecule has 0 spiro atoms. The molecule has 0 unspecified atom stereocenters. The van der Waals surface area contributed by atoms with Gasteiger partial charge in [-0.25, -0.2) is 4.79 Å². The first-order chi connectivity index (χ1) is 8.54. The van der Waals surface area contributed by atoms with E-state index in [4.69, 9.17) is 5.11 Å². The minimum Gasteiger partial charge on any atom is -0.480 e. The average molecular weight is 251 g/mol. The summed E-state index contributed by atoms with van der Waals surface area (Å²) >= 11 is 0. The molecule has 4 N–H and O–H groups in total. The average Bonchev–Trinajstić information content (AvgIpc) is 2.31. The maximum Gasteiger partial charge on any atom is 0.325 e. The number of aliphatic carboxylic acids is 1. The molecular formula is C12H17N3O3. The van der Waals surface area contributed by atoms with Gasteiger partial charge in [0.1, 0.15) is 6.04 Å². The maximum atomic E-state index is 11.6.